The van der Waals surface area contributed by atoms with Crippen molar-refractivity contribution in [3.8, 4) is 5.75 Å². The number of carbonyl (C=O) groups is 2. The number of hydrogen-bond acceptors (Lipinski definition) is 6. The van der Waals surface area contributed by atoms with E-state index in [-0.39, 0.29) is 28.5 Å². The SMILES string of the molecule is CCOC(=O)c1c(CS(=O)(=O)c2ccc(Cl)cc2)n(C)c2cc(Br)c(OC(C)=O)cc12. The van der Waals surface area contributed by atoms with Crippen LogP contribution in [0.15, 0.2) is 45.8 Å². The van der Waals surface area contributed by atoms with Gasteiger partial charge in [0.1, 0.15) is 5.75 Å². The van der Waals surface area contributed by atoms with Crippen LogP contribution in [-0.4, -0.2) is 31.5 Å². The molecule has 0 bridgehead atoms. The first-order valence-electron chi connectivity index (χ1n) is 9.19. The van der Waals surface area contributed by atoms with Crippen LogP contribution in [0.4, 0.5) is 0 Å². The number of halogens is 2. The third-order valence-electron chi connectivity index (χ3n) is 4.61. The molecule has 0 aliphatic rings. The fourth-order valence-corrected chi connectivity index (χ4v) is 5.18. The molecule has 0 amide bonds. The Balaban J connectivity index is 2.23. The lowest BCUT2D eigenvalue weighted by molar-refractivity contribution is -0.131. The van der Waals surface area contributed by atoms with Crippen LogP contribution >= 0.6 is 27.5 Å². The van der Waals surface area contributed by atoms with E-state index in [1.807, 2.05) is 0 Å². The Labute approximate surface area is 192 Å². The summed E-state index contributed by atoms with van der Waals surface area (Å²) in [6, 6.07) is 9.00. The maximum atomic E-state index is 13.1. The molecule has 0 radical (unpaired) electrons. The van der Waals surface area contributed by atoms with Crippen molar-refractivity contribution >= 4 is 60.2 Å². The lowest BCUT2D eigenvalue weighted by Gasteiger charge is -2.09. The molecule has 3 rings (SSSR count). The molecular weight excluding hydrogens is 510 g/mol. The van der Waals surface area contributed by atoms with Crippen molar-refractivity contribution < 1.29 is 27.5 Å². The minimum atomic E-state index is -3.79. The molecule has 0 fully saturated rings. The molecule has 0 aliphatic carbocycles. The summed E-state index contributed by atoms with van der Waals surface area (Å²) in [5.41, 5.74) is 0.945. The third kappa shape index (κ3) is 4.78. The maximum absolute atomic E-state index is 13.1. The van der Waals surface area contributed by atoms with E-state index in [4.69, 9.17) is 21.1 Å². The average molecular weight is 529 g/mol. The van der Waals surface area contributed by atoms with E-state index < -0.39 is 27.5 Å². The zero-order chi connectivity index (χ0) is 22.9. The van der Waals surface area contributed by atoms with Gasteiger partial charge in [0.05, 0.1) is 32.8 Å². The Morgan fingerprint density at radius 2 is 1.81 bits per heavy atom. The zero-order valence-electron chi connectivity index (χ0n) is 16.9. The Hall–Kier alpha value is -2.36. The summed E-state index contributed by atoms with van der Waals surface area (Å²) in [6.07, 6.45) is 0. The van der Waals surface area contributed by atoms with Gasteiger partial charge in [0, 0.05) is 30.1 Å². The maximum Gasteiger partial charge on any atom is 0.340 e. The summed E-state index contributed by atoms with van der Waals surface area (Å²) in [7, 11) is -2.13. The quantitative estimate of drug-likeness (QED) is 0.341. The molecule has 0 saturated heterocycles. The fraction of sp³-hybridized carbons (Fsp3) is 0.238. The number of carbonyl (C=O) groups excluding carboxylic acids is 2. The van der Waals surface area contributed by atoms with E-state index in [2.05, 4.69) is 15.9 Å². The van der Waals surface area contributed by atoms with Gasteiger partial charge in [0.2, 0.25) is 0 Å². The Bertz CT molecular complexity index is 1280. The van der Waals surface area contributed by atoms with Crippen molar-refractivity contribution in [2.75, 3.05) is 6.61 Å². The number of sulfone groups is 1. The summed E-state index contributed by atoms with van der Waals surface area (Å²) >= 11 is 9.22. The third-order valence-corrected chi connectivity index (χ3v) is 7.12. The summed E-state index contributed by atoms with van der Waals surface area (Å²) in [5, 5.41) is 0.834. The molecule has 31 heavy (non-hydrogen) atoms. The number of ether oxygens (including phenoxy) is 2. The lowest BCUT2D eigenvalue weighted by Crippen LogP contribution is -2.13. The molecule has 1 aromatic heterocycles. The van der Waals surface area contributed by atoms with Crippen LogP contribution in [0.25, 0.3) is 10.9 Å². The highest BCUT2D eigenvalue weighted by Gasteiger charge is 2.28. The summed E-state index contributed by atoms with van der Waals surface area (Å²) in [6.45, 7) is 3.04. The predicted octanol–water partition coefficient (Wildman–Crippen LogP) is 4.67. The van der Waals surface area contributed by atoms with Crippen LogP contribution in [0.2, 0.25) is 5.02 Å². The molecular formula is C21H19BrClNO6S. The van der Waals surface area contributed by atoms with Gasteiger partial charge in [-0.3, -0.25) is 4.79 Å². The molecule has 3 aromatic rings. The summed E-state index contributed by atoms with van der Waals surface area (Å²) in [5.74, 6) is -1.41. The van der Waals surface area contributed by atoms with Crippen LogP contribution < -0.4 is 4.74 Å². The monoisotopic (exact) mass is 527 g/mol. The molecule has 0 unspecified atom stereocenters. The molecule has 1 heterocycles. The first kappa shape index (κ1) is 23.3. The van der Waals surface area contributed by atoms with Crippen molar-refractivity contribution in [3.63, 3.8) is 0 Å². The predicted molar refractivity (Wildman–Crippen MR) is 120 cm³/mol. The molecule has 0 spiro atoms. The number of benzene rings is 2. The van der Waals surface area contributed by atoms with Gasteiger partial charge in [0.15, 0.2) is 9.84 Å². The summed E-state index contributed by atoms with van der Waals surface area (Å²) < 4.78 is 38.6. The zero-order valence-corrected chi connectivity index (χ0v) is 20.1. The number of rotatable bonds is 6. The van der Waals surface area contributed by atoms with Crippen LogP contribution in [0.3, 0.4) is 0 Å². The van der Waals surface area contributed by atoms with Crippen LogP contribution in [0, 0.1) is 0 Å². The fourth-order valence-electron chi connectivity index (χ4n) is 3.23. The van der Waals surface area contributed by atoms with Crippen LogP contribution in [-0.2, 0) is 32.2 Å². The van der Waals surface area contributed by atoms with Gasteiger partial charge < -0.3 is 14.0 Å². The van der Waals surface area contributed by atoms with Gasteiger partial charge in [0.25, 0.3) is 0 Å². The minimum Gasteiger partial charge on any atom is -0.462 e. The number of esters is 2. The second-order valence-corrected chi connectivity index (χ2v) is 9.99. The average Bonchev–Trinajstić information content (AvgIpc) is 2.93. The largest absolute Gasteiger partial charge is 0.462 e. The van der Waals surface area contributed by atoms with E-state index in [0.29, 0.717) is 20.4 Å². The van der Waals surface area contributed by atoms with E-state index in [9.17, 15) is 18.0 Å². The van der Waals surface area contributed by atoms with Crippen molar-refractivity contribution in [2.45, 2.75) is 24.5 Å². The van der Waals surface area contributed by atoms with Crippen LogP contribution in [0.1, 0.15) is 29.9 Å². The summed E-state index contributed by atoms with van der Waals surface area (Å²) in [4.78, 5) is 24.3. The molecule has 0 atom stereocenters. The number of aryl methyl sites for hydroxylation is 1. The molecule has 7 nitrogen and oxygen atoms in total. The van der Waals surface area contributed by atoms with E-state index in [0.717, 1.165) is 0 Å². The molecule has 10 heteroatoms. The number of aromatic nitrogens is 1. The Morgan fingerprint density at radius 3 is 2.39 bits per heavy atom. The van der Waals surface area contributed by atoms with Crippen molar-refractivity contribution in [1.82, 2.24) is 4.57 Å². The highest BCUT2D eigenvalue weighted by molar-refractivity contribution is 9.10. The molecule has 2 aromatic carbocycles. The lowest BCUT2D eigenvalue weighted by atomic mass is 10.1. The Morgan fingerprint density at radius 1 is 1.16 bits per heavy atom. The molecule has 164 valence electrons. The van der Waals surface area contributed by atoms with E-state index in [1.54, 1.807) is 24.6 Å². The molecule has 0 aliphatic heterocycles. The first-order valence-corrected chi connectivity index (χ1v) is 12.0. The van der Waals surface area contributed by atoms with E-state index >= 15 is 0 Å². The second kappa shape index (κ2) is 9.02. The standard InChI is InChI=1S/C21H19BrClNO6S/c1-4-29-21(26)20-15-9-19(30-12(2)25)16(22)10-17(15)24(3)18(20)11-31(27,28)14-7-5-13(23)6-8-14/h5-10H,4,11H2,1-3H3. The van der Waals surface area contributed by atoms with Crippen molar-refractivity contribution in [3.05, 3.63) is 57.2 Å². The normalized spacial score (nSPS) is 11.5. The highest BCUT2D eigenvalue weighted by atomic mass is 79.9. The highest BCUT2D eigenvalue weighted by Crippen LogP contribution is 2.36. The number of nitrogens with zero attached hydrogens (tertiary/aromatic N) is 1. The van der Waals surface area contributed by atoms with Crippen LogP contribution in [0.5, 0.6) is 5.75 Å². The smallest absolute Gasteiger partial charge is 0.340 e. The van der Waals surface area contributed by atoms with Gasteiger partial charge in [-0.05, 0) is 59.3 Å². The van der Waals surface area contributed by atoms with Gasteiger partial charge in [-0.15, -0.1) is 0 Å². The minimum absolute atomic E-state index is 0.0822. The number of hydrogen-bond donors (Lipinski definition) is 0. The van der Waals surface area contributed by atoms with Gasteiger partial charge in [-0.25, -0.2) is 13.2 Å². The van der Waals surface area contributed by atoms with Gasteiger partial charge in [-0.2, -0.15) is 0 Å². The second-order valence-electron chi connectivity index (χ2n) is 6.71. The van der Waals surface area contributed by atoms with Crippen molar-refractivity contribution in [1.29, 1.82) is 0 Å². The molecule has 0 N–H and O–H groups in total. The van der Waals surface area contributed by atoms with Crippen molar-refractivity contribution in [2.24, 2.45) is 7.05 Å². The first-order chi connectivity index (χ1) is 14.5. The van der Waals surface area contributed by atoms with E-state index in [1.165, 1.54) is 37.3 Å². The Kier molecular flexibility index (Phi) is 6.78. The number of fused-ring (bicyclic) bond motifs is 1. The van der Waals surface area contributed by atoms with Gasteiger partial charge >= 0.3 is 11.9 Å². The topological polar surface area (TPSA) is 91.7 Å². The van der Waals surface area contributed by atoms with Gasteiger partial charge in [-0.1, -0.05) is 11.6 Å². The molecule has 0 saturated carbocycles.